The number of pyridine rings is 1. The van der Waals surface area contributed by atoms with Crippen LogP contribution in [0.2, 0.25) is 0 Å². The molecule has 0 saturated heterocycles. The van der Waals surface area contributed by atoms with Crippen molar-refractivity contribution in [3.8, 4) is 22.6 Å². The maximum absolute atomic E-state index is 13.6. The van der Waals surface area contributed by atoms with E-state index in [2.05, 4.69) is 15.1 Å². The molecule has 4 nitrogen and oxygen atoms in total. The van der Waals surface area contributed by atoms with Crippen molar-refractivity contribution in [1.82, 2.24) is 15.1 Å². The second-order valence-electron chi connectivity index (χ2n) is 4.05. The van der Waals surface area contributed by atoms with Crippen LogP contribution in [0.3, 0.4) is 0 Å². The normalized spacial score (nSPS) is 10.6. The number of benzene rings is 1. The lowest BCUT2D eigenvalue weighted by Gasteiger charge is -2.02. The first kappa shape index (κ1) is 11.5. The van der Waals surface area contributed by atoms with E-state index in [1.165, 1.54) is 6.07 Å². The second-order valence-corrected chi connectivity index (χ2v) is 4.05. The molecule has 0 aliphatic heterocycles. The number of rotatable bonds is 2. The van der Waals surface area contributed by atoms with Crippen molar-refractivity contribution in [2.45, 2.75) is 6.92 Å². The minimum absolute atomic E-state index is 0.271. The van der Waals surface area contributed by atoms with Crippen LogP contribution < -0.4 is 0 Å². The highest BCUT2D eigenvalue weighted by Gasteiger charge is 2.09. The molecule has 0 aliphatic carbocycles. The van der Waals surface area contributed by atoms with Gasteiger partial charge < -0.3 is 4.52 Å². The molecule has 0 atom stereocenters. The second kappa shape index (κ2) is 4.61. The molecule has 0 amide bonds. The molecule has 0 radical (unpaired) electrons. The van der Waals surface area contributed by atoms with Gasteiger partial charge >= 0.3 is 0 Å². The maximum atomic E-state index is 13.6. The average molecular weight is 255 g/mol. The Kier molecular flexibility index (Phi) is 2.79. The zero-order chi connectivity index (χ0) is 13.2. The number of nitrogens with zero attached hydrogens (tertiary/aromatic N) is 3. The van der Waals surface area contributed by atoms with Crippen molar-refractivity contribution < 1.29 is 8.91 Å². The van der Waals surface area contributed by atoms with Crippen LogP contribution in [-0.2, 0) is 0 Å². The lowest BCUT2D eigenvalue weighted by atomic mass is 10.1. The number of aromatic nitrogens is 3. The van der Waals surface area contributed by atoms with E-state index in [4.69, 9.17) is 4.52 Å². The third kappa shape index (κ3) is 2.22. The molecule has 2 heterocycles. The van der Waals surface area contributed by atoms with Gasteiger partial charge in [0, 0.05) is 24.2 Å². The highest BCUT2D eigenvalue weighted by Crippen LogP contribution is 2.23. The van der Waals surface area contributed by atoms with Gasteiger partial charge in [0.1, 0.15) is 11.5 Å². The summed E-state index contributed by atoms with van der Waals surface area (Å²) >= 11 is 0. The highest BCUT2D eigenvalue weighted by atomic mass is 19.1. The minimum atomic E-state index is -0.271. The number of hydrogen-bond donors (Lipinski definition) is 0. The van der Waals surface area contributed by atoms with Crippen molar-refractivity contribution in [2.24, 2.45) is 0 Å². The Bertz CT molecular complexity index is 707. The first-order valence-electron chi connectivity index (χ1n) is 5.76. The molecular weight excluding hydrogens is 245 g/mol. The largest absolute Gasteiger partial charge is 0.339 e. The lowest BCUT2D eigenvalue weighted by molar-refractivity contribution is 0.394. The molecule has 0 bridgehead atoms. The standard InChI is InChI=1S/C14H10FN3O/c1-9-17-14(18-19-9)13-7-6-10(8-16-13)11-4-2-3-5-12(11)15/h2-8H,1H3. The average Bonchev–Trinajstić information content (AvgIpc) is 2.86. The van der Waals surface area contributed by atoms with Gasteiger partial charge in [-0.15, -0.1) is 0 Å². The van der Waals surface area contributed by atoms with Crippen molar-refractivity contribution >= 4 is 0 Å². The minimum Gasteiger partial charge on any atom is -0.339 e. The Morgan fingerprint density at radius 2 is 1.95 bits per heavy atom. The van der Waals surface area contributed by atoms with Gasteiger partial charge in [0.25, 0.3) is 0 Å². The number of halogens is 1. The van der Waals surface area contributed by atoms with E-state index < -0.39 is 0 Å². The first-order chi connectivity index (χ1) is 9.24. The molecule has 0 spiro atoms. The number of hydrogen-bond acceptors (Lipinski definition) is 4. The molecule has 0 aliphatic rings. The van der Waals surface area contributed by atoms with Crippen LogP contribution in [0.25, 0.3) is 22.6 Å². The van der Waals surface area contributed by atoms with Crippen LogP contribution in [0.15, 0.2) is 47.1 Å². The molecule has 94 valence electrons. The van der Waals surface area contributed by atoms with Gasteiger partial charge in [0.05, 0.1) is 0 Å². The zero-order valence-corrected chi connectivity index (χ0v) is 10.2. The lowest BCUT2D eigenvalue weighted by Crippen LogP contribution is -1.88. The molecule has 1 aromatic carbocycles. The topological polar surface area (TPSA) is 51.8 Å². The molecule has 0 unspecified atom stereocenters. The Morgan fingerprint density at radius 3 is 2.58 bits per heavy atom. The van der Waals surface area contributed by atoms with Gasteiger partial charge in [-0.05, 0) is 12.1 Å². The molecular formula is C14H10FN3O. The SMILES string of the molecule is Cc1nc(-c2ccc(-c3ccccc3F)cn2)no1. The van der Waals surface area contributed by atoms with Gasteiger partial charge in [0.2, 0.25) is 11.7 Å². The Labute approximate surface area is 108 Å². The molecule has 3 aromatic rings. The Hall–Kier alpha value is -2.56. The monoisotopic (exact) mass is 255 g/mol. The van der Waals surface area contributed by atoms with E-state index in [1.54, 1.807) is 43.5 Å². The predicted molar refractivity (Wildman–Crippen MR) is 67.7 cm³/mol. The molecule has 3 rings (SSSR count). The van der Waals surface area contributed by atoms with E-state index in [0.717, 1.165) is 0 Å². The fourth-order valence-corrected chi connectivity index (χ4v) is 1.78. The first-order valence-corrected chi connectivity index (χ1v) is 5.76. The van der Waals surface area contributed by atoms with Crippen molar-refractivity contribution in [2.75, 3.05) is 0 Å². The predicted octanol–water partition coefficient (Wildman–Crippen LogP) is 3.25. The fourth-order valence-electron chi connectivity index (χ4n) is 1.78. The van der Waals surface area contributed by atoms with Gasteiger partial charge in [-0.2, -0.15) is 4.98 Å². The maximum Gasteiger partial charge on any atom is 0.223 e. The summed E-state index contributed by atoms with van der Waals surface area (Å²) in [5.74, 6) is 0.639. The summed E-state index contributed by atoms with van der Waals surface area (Å²) < 4.78 is 18.5. The van der Waals surface area contributed by atoms with Crippen molar-refractivity contribution in [3.63, 3.8) is 0 Å². The van der Waals surface area contributed by atoms with Crippen LogP contribution in [0.1, 0.15) is 5.89 Å². The molecule has 2 aromatic heterocycles. The summed E-state index contributed by atoms with van der Waals surface area (Å²) in [5, 5.41) is 3.78. The zero-order valence-electron chi connectivity index (χ0n) is 10.2. The molecule has 19 heavy (non-hydrogen) atoms. The van der Waals surface area contributed by atoms with Gasteiger partial charge in [-0.1, -0.05) is 29.4 Å². The summed E-state index contributed by atoms with van der Waals surface area (Å²) in [6.45, 7) is 1.71. The van der Waals surface area contributed by atoms with E-state index in [1.807, 2.05) is 0 Å². The summed E-state index contributed by atoms with van der Waals surface area (Å²) in [7, 11) is 0. The Balaban J connectivity index is 1.97. The van der Waals surface area contributed by atoms with Crippen LogP contribution >= 0.6 is 0 Å². The van der Waals surface area contributed by atoms with E-state index in [9.17, 15) is 4.39 Å². The summed E-state index contributed by atoms with van der Waals surface area (Å²) in [6.07, 6.45) is 1.60. The van der Waals surface area contributed by atoms with Crippen LogP contribution in [0.5, 0.6) is 0 Å². The van der Waals surface area contributed by atoms with E-state index in [0.29, 0.717) is 28.5 Å². The van der Waals surface area contributed by atoms with Crippen molar-refractivity contribution in [3.05, 3.63) is 54.3 Å². The van der Waals surface area contributed by atoms with Crippen LogP contribution in [0.4, 0.5) is 4.39 Å². The van der Waals surface area contributed by atoms with Gasteiger partial charge in [-0.3, -0.25) is 4.98 Å². The van der Waals surface area contributed by atoms with E-state index in [-0.39, 0.29) is 5.82 Å². The molecule has 0 saturated carbocycles. The van der Waals surface area contributed by atoms with Gasteiger partial charge in [0.15, 0.2) is 0 Å². The summed E-state index contributed by atoms with van der Waals surface area (Å²) in [4.78, 5) is 8.31. The highest BCUT2D eigenvalue weighted by molar-refractivity contribution is 5.65. The van der Waals surface area contributed by atoms with Gasteiger partial charge in [-0.25, -0.2) is 4.39 Å². The quantitative estimate of drug-likeness (QED) is 0.705. The molecule has 0 N–H and O–H groups in total. The van der Waals surface area contributed by atoms with Crippen LogP contribution in [-0.4, -0.2) is 15.1 Å². The van der Waals surface area contributed by atoms with E-state index >= 15 is 0 Å². The molecule has 5 heteroatoms. The fraction of sp³-hybridized carbons (Fsp3) is 0.0714. The van der Waals surface area contributed by atoms with Crippen molar-refractivity contribution in [1.29, 1.82) is 0 Å². The molecule has 0 fully saturated rings. The summed E-state index contributed by atoms with van der Waals surface area (Å²) in [6, 6.07) is 10.1. The summed E-state index contributed by atoms with van der Waals surface area (Å²) in [5.41, 5.74) is 1.82. The number of aryl methyl sites for hydroxylation is 1. The third-order valence-corrected chi connectivity index (χ3v) is 2.71. The Morgan fingerprint density at radius 1 is 1.11 bits per heavy atom. The third-order valence-electron chi connectivity index (χ3n) is 2.71. The van der Waals surface area contributed by atoms with Crippen LogP contribution in [0, 0.1) is 12.7 Å². The smallest absolute Gasteiger partial charge is 0.223 e.